The van der Waals surface area contributed by atoms with Gasteiger partial charge in [0.15, 0.2) is 0 Å². The smallest absolute Gasteiger partial charge is 0.251 e. The summed E-state index contributed by atoms with van der Waals surface area (Å²) in [5.41, 5.74) is 0.711. The molecule has 106 valence electrons. The second kappa shape index (κ2) is 7.23. The van der Waals surface area contributed by atoms with E-state index >= 15 is 0 Å². The Morgan fingerprint density at radius 3 is 2.65 bits per heavy atom. The number of fused-ring (bicyclic) bond motifs is 1. The summed E-state index contributed by atoms with van der Waals surface area (Å²) in [5.74, 6) is -0.00868. The van der Waals surface area contributed by atoms with Crippen molar-refractivity contribution in [3.05, 3.63) is 46.4 Å². The third-order valence-electron chi connectivity index (χ3n) is 3.25. The van der Waals surface area contributed by atoms with Crippen molar-refractivity contribution in [2.75, 3.05) is 6.54 Å². The van der Waals surface area contributed by atoms with Crippen molar-refractivity contribution in [2.24, 2.45) is 0 Å². The summed E-state index contributed by atoms with van der Waals surface area (Å²) in [7, 11) is 0. The Balaban J connectivity index is 2.05. The fraction of sp³-hybridized carbons (Fsp3) is 0.312. The third kappa shape index (κ3) is 4.06. The molecule has 0 bridgehead atoms. The average Bonchev–Trinajstić information content (AvgIpc) is 2.46. The number of alkyl halides is 1. The Kier molecular flexibility index (Phi) is 5.61. The van der Waals surface area contributed by atoms with Gasteiger partial charge in [-0.3, -0.25) is 4.79 Å². The largest absolute Gasteiger partial charge is 0.352 e. The molecule has 2 rings (SSSR count). The Morgan fingerprint density at radius 1 is 1.20 bits per heavy atom. The number of halogens is 2. The SMILES string of the molecule is CCC(Br)CCNC(=O)c1ccc2cc(Br)ccc2c1. The second-order valence-corrected chi connectivity index (χ2v) is 6.97. The van der Waals surface area contributed by atoms with Crippen molar-refractivity contribution in [3.8, 4) is 0 Å². The maximum atomic E-state index is 12.1. The van der Waals surface area contributed by atoms with Crippen LogP contribution in [0.4, 0.5) is 0 Å². The summed E-state index contributed by atoms with van der Waals surface area (Å²) >= 11 is 7.02. The number of rotatable bonds is 5. The minimum Gasteiger partial charge on any atom is -0.352 e. The molecule has 4 heteroatoms. The van der Waals surface area contributed by atoms with E-state index in [1.165, 1.54) is 0 Å². The van der Waals surface area contributed by atoms with E-state index in [0.717, 1.165) is 28.1 Å². The molecule has 0 fully saturated rings. The van der Waals surface area contributed by atoms with Gasteiger partial charge in [-0.15, -0.1) is 0 Å². The third-order valence-corrected chi connectivity index (χ3v) is 4.85. The van der Waals surface area contributed by atoms with Gasteiger partial charge in [0, 0.05) is 21.4 Å². The van der Waals surface area contributed by atoms with E-state index < -0.39 is 0 Å². The lowest BCUT2D eigenvalue weighted by Gasteiger charge is -2.09. The van der Waals surface area contributed by atoms with E-state index in [4.69, 9.17) is 0 Å². The van der Waals surface area contributed by atoms with Crippen LogP contribution in [0.5, 0.6) is 0 Å². The monoisotopic (exact) mass is 397 g/mol. The van der Waals surface area contributed by atoms with E-state index in [1.54, 1.807) is 0 Å². The van der Waals surface area contributed by atoms with E-state index in [9.17, 15) is 4.79 Å². The predicted octanol–water partition coefficient (Wildman–Crippen LogP) is 4.90. The first-order chi connectivity index (χ1) is 9.60. The van der Waals surface area contributed by atoms with Crippen molar-refractivity contribution < 1.29 is 4.79 Å². The van der Waals surface area contributed by atoms with Gasteiger partial charge in [-0.2, -0.15) is 0 Å². The van der Waals surface area contributed by atoms with Crippen molar-refractivity contribution in [2.45, 2.75) is 24.6 Å². The molecule has 2 nitrogen and oxygen atoms in total. The van der Waals surface area contributed by atoms with Crippen molar-refractivity contribution >= 4 is 48.5 Å². The quantitative estimate of drug-likeness (QED) is 0.713. The minimum atomic E-state index is -0.00868. The molecule has 1 amide bonds. The summed E-state index contributed by atoms with van der Waals surface area (Å²) in [5, 5.41) is 5.17. The van der Waals surface area contributed by atoms with Gasteiger partial charge in [-0.05, 0) is 47.9 Å². The number of hydrogen-bond donors (Lipinski definition) is 1. The van der Waals surface area contributed by atoms with Crippen LogP contribution < -0.4 is 5.32 Å². The first-order valence-electron chi connectivity index (χ1n) is 6.71. The number of benzene rings is 2. The molecule has 20 heavy (non-hydrogen) atoms. The molecule has 1 unspecified atom stereocenters. The van der Waals surface area contributed by atoms with Gasteiger partial charge < -0.3 is 5.32 Å². The molecule has 2 aromatic carbocycles. The molecule has 0 spiro atoms. The van der Waals surface area contributed by atoms with Crippen LogP contribution in [0.15, 0.2) is 40.9 Å². The molecule has 0 aliphatic carbocycles. The molecule has 0 saturated carbocycles. The normalized spacial score (nSPS) is 12.3. The molecule has 1 N–H and O–H groups in total. The highest BCUT2D eigenvalue weighted by Gasteiger charge is 2.07. The summed E-state index contributed by atoms with van der Waals surface area (Å²) in [6, 6.07) is 11.8. The highest BCUT2D eigenvalue weighted by Crippen LogP contribution is 2.21. The zero-order chi connectivity index (χ0) is 14.5. The molecule has 1 atom stereocenters. The number of carbonyl (C=O) groups is 1. The Labute approximate surface area is 136 Å². The number of amides is 1. The molecule has 2 aromatic rings. The van der Waals surface area contributed by atoms with Gasteiger partial charge in [-0.1, -0.05) is 50.9 Å². The van der Waals surface area contributed by atoms with E-state index in [2.05, 4.69) is 44.1 Å². The Bertz CT molecular complexity index is 612. The van der Waals surface area contributed by atoms with Gasteiger partial charge in [0.25, 0.3) is 5.91 Å². The average molecular weight is 399 g/mol. The molecular formula is C16H17Br2NO. The summed E-state index contributed by atoms with van der Waals surface area (Å²) in [4.78, 5) is 12.6. The number of nitrogens with one attached hydrogen (secondary N) is 1. The zero-order valence-electron chi connectivity index (χ0n) is 11.3. The maximum Gasteiger partial charge on any atom is 0.251 e. The number of hydrogen-bond acceptors (Lipinski definition) is 1. The van der Waals surface area contributed by atoms with Crippen LogP contribution in [-0.2, 0) is 0 Å². The lowest BCUT2D eigenvalue weighted by atomic mass is 10.1. The van der Waals surface area contributed by atoms with Gasteiger partial charge in [-0.25, -0.2) is 0 Å². The summed E-state index contributed by atoms with van der Waals surface area (Å²) < 4.78 is 1.05. The lowest BCUT2D eigenvalue weighted by molar-refractivity contribution is 0.0953. The zero-order valence-corrected chi connectivity index (χ0v) is 14.5. The highest BCUT2D eigenvalue weighted by atomic mass is 79.9. The van der Waals surface area contributed by atoms with Crippen LogP contribution in [0.1, 0.15) is 30.1 Å². The molecule has 0 aliphatic rings. The van der Waals surface area contributed by atoms with Crippen LogP contribution >= 0.6 is 31.9 Å². The predicted molar refractivity (Wildman–Crippen MR) is 91.6 cm³/mol. The Hall–Kier alpha value is -0.870. The Morgan fingerprint density at radius 2 is 1.90 bits per heavy atom. The number of carbonyl (C=O) groups excluding carboxylic acids is 1. The van der Waals surface area contributed by atoms with Crippen LogP contribution in [0, 0.1) is 0 Å². The van der Waals surface area contributed by atoms with Gasteiger partial charge in [0.2, 0.25) is 0 Å². The van der Waals surface area contributed by atoms with Gasteiger partial charge >= 0.3 is 0 Å². The maximum absolute atomic E-state index is 12.1. The van der Waals surface area contributed by atoms with E-state index in [-0.39, 0.29) is 5.91 Å². The fourth-order valence-corrected chi connectivity index (χ4v) is 2.61. The summed E-state index contributed by atoms with van der Waals surface area (Å²) in [6.07, 6.45) is 2.02. The van der Waals surface area contributed by atoms with Gasteiger partial charge in [0.05, 0.1) is 0 Å². The molecule has 0 aromatic heterocycles. The molecule has 0 radical (unpaired) electrons. The molecule has 0 heterocycles. The minimum absolute atomic E-state index is 0.00868. The standard InChI is InChI=1S/C16H17Br2NO/c1-2-14(17)7-8-19-16(20)13-4-3-12-10-15(18)6-5-11(12)9-13/h3-6,9-10,14H,2,7-8H2,1H3,(H,19,20). The summed E-state index contributed by atoms with van der Waals surface area (Å²) in [6.45, 7) is 2.82. The van der Waals surface area contributed by atoms with Crippen molar-refractivity contribution in [1.29, 1.82) is 0 Å². The fourth-order valence-electron chi connectivity index (χ4n) is 2.01. The van der Waals surface area contributed by atoms with Crippen LogP contribution in [0.3, 0.4) is 0 Å². The first-order valence-corrected chi connectivity index (χ1v) is 8.42. The topological polar surface area (TPSA) is 29.1 Å². The molecule has 0 aliphatic heterocycles. The van der Waals surface area contributed by atoms with Crippen molar-refractivity contribution in [3.63, 3.8) is 0 Å². The van der Waals surface area contributed by atoms with Crippen molar-refractivity contribution in [1.82, 2.24) is 5.32 Å². The van der Waals surface area contributed by atoms with Gasteiger partial charge in [0.1, 0.15) is 0 Å². The van der Waals surface area contributed by atoms with Crippen LogP contribution in [-0.4, -0.2) is 17.3 Å². The van der Waals surface area contributed by atoms with Crippen LogP contribution in [0.25, 0.3) is 10.8 Å². The molecule has 0 saturated heterocycles. The lowest BCUT2D eigenvalue weighted by Crippen LogP contribution is -2.25. The second-order valence-electron chi connectivity index (χ2n) is 4.76. The van der Waals surface area contributed by atoms with E-state index in [1.807, 2.05) is 36.4 Å². The first kappa shape index (κ1) is 15.5. The molecular weight excluding hydrogens is 382 g/mol. The van der Waals surface area contributed by atoms with Crippen LogP contribution in [0.2, 0.25) is 0 Å². The highest BCUT2D eigenvalue weighted by molar-refractivity contribution is 9.10. The van der Waals surface area contributed by atoms with E-state index in [0.29, 0.717) is 16.9 Å².